The molecule has 1 amide bonds. The SMILES string of the molecule is O=C(Cc1cccc(-c2cnc(NC3Cc4ccccc4C3)s2)c1)N1CCc2n[nH]nc2C1. The van der Waals surface area contributed by atoms with Gasteiger partial charge in [-0.3, -0.25) is 4.79 Å². The van der Waals surface area contributed by atoms with Crippen molar-refractivity contribution in [3.05, 3.63) is 82.8 Å². The van der Waals surface area contributed by atoms with Gasteiger partial charge in [-0.1, -0.05) is 53.8 Å². The van der Waals surface area contributed by atoms with Gasteiger partial charge in [-0.25, -0.2) is 4.98 Å². The van der Waals surface area contributed by atoms with Gasteiger partial charge in [0.2, 0.25) is 5.91 Å². The number of aromatic amines is 1. The first kappa shape index (κ1) is 20.1. The number of H-pyrrole nitrogens is 1. The number of hydrogen-bond acceptors (Lipinski definition) is 6. The summed E-state index contributed by atoms with van der Waals surface area (Å²) in [6.45, 7) is 1.21. The van der Waals surface area contributed by atoms with Crippen molar-refractivity contribution in [1.29, 1.82) is 0 Å². The number of rotatable bonds is 5. The van der Waals surface area contributed by atoms with E-state index in [2.05, 4.69) is 62.1 Å². The van der Waals surface area contributed by atoms with Gasteiger partial charge in [0.15, 0.2) is 5.13 Å². The molecule has 8 heteroatoms. The molecule has 33 heavy (non-hydrogen) atoms. The van der Waals surface area contributed by atoms with Crippen LogP contribution in [0.15, 0.2) is 54.7 Å². The highest BCUT2D eigenvalue weighted by Crippen LogP contribution is 2.32. The molecule has 1 aliphatic heterocycles. The van der Waals surface area contributed by atoms with Gasteiger partial charge < -0.3 is 10.2 Å². The monoisotopic (exact) mass is 456 g/mol. The Kier molecular flexibility index (Phi) is 5.14. The Labute approximate surface area is 195 Å². The third-order valence-electron chi connectivity index (χ3n) is 6.47. The lowest BCUT2D eigenvalue weighted by Gasteiger charge is -2.25. The third-order valence-corrected chi connectivity index (χ3v) is 7.44. The Balaban J connectivity index is 1.11. The maximum atomic E-state index is 12.9. The molecule has 2 aromatic carbocycles. The summed E-state index contributed by atoms with van der Waals surface area (Å²) in [5, 5.41) is 15.5. The Hall–Kier alpha value is -3.52. The van der Waals surface area contributed by atoms with Gasteiger partial charge in [0.1, 0.15) is 5.69 Å². The van der Waals surface area contributed by atoms with Crippen molar-refractivity contribution in [1.82, 2.24) is 25.3 Å². The van der Waals surface area contributed by atoms with Crippen LogP contribution in [0.25, 0.3) is 10.4 Å². The molecule has 6 rings (SSSR count). The predicted molar refractivity (Wildman–Crippen MR) is 128 cm³/mol. The molecular formula is C25H24N6OS. The van der Waals surface area contributed by atoms with Crippen molar-refractivity contribution in [3.63, 3.8) is 0 Å². The lowest BCUT2D eigenvalue weighted by molar-refractivity contribution is -0.131. The van der Waals surface area contributed by atoms with Crippen molar-refractivity contribution in [2.75, 3.05) is 11.9 Å². The van der Waals surface area contributed by atoms with Crippen molar-refractivity contribution in [3.8, 4) is 10.4 Å². The number of carbonyl (C=O) groups is 1. The molecule has 4 aromatic rings. The Bertz CT molecular complexity index is 1290. The average molecular weight is 457 g/mol. The summed E-state index contributed by atoms with van der Waals surface area (Å²) in [6, 6.07) is 17.3. The fraction of sp³-hybridized carbons (Fsp3) is 0.280. The van der Waals surface area contributed by atoms with Crippen LogP contribution in [0, 0.1) is 0 Å². The van der Waals surface area contributed by atoms with Crippen LogP contribution in [0.5, 0.6) is 0 Å². The van der Waals surface area contributed by atoms with Crippen molar-refractivity contribution < 1.29 is 4.79 Å². The van der Waals surface area contributed by atoms with E-state index in [1.165, 1.54) is 11.1 Å². The number of aromatic nitrogens is 4. The number of fused-ring (bicyclic) bond motifs is 2. The van der Waals surface area contributed by atoms with E-state index in [-0.39, 0.29) is 5.91 Å². The molecule has 2 N–H and O–H groups in total. The number of benzene rings is 2. The number of nitrogens with one attached hydrogen (secondary N) is 2. The highest BCUT2D eigenvalue weighted by Gasteiger charge is 2.24. The Morgan fingerprint density at radius 3 is 2.76 bits per heavy atom. The third kappa shape index (κ3) is 4.14. The van der Waals surface area contributed by atoms with E-state index in [0.29, 0.717) is 25.6 Å². The van der Waals surface area contributed by atoms with Crippen molar-refractivity contribution in [2.24, 2.45) is 0 Å². The molecule has 166 valence electrons. The van der Waals surface area contributed by atoms with Crippen molar-refractivity contribution >= 4 is 22.4 Å². The molecule has 0 atom stereocenters. The van der Waals surface area contributed by atoms with Crippen molar-refractivity contribution in [2.45, 2.75) is 38.3 Å². The number of hydrogen-bond donors (Lipinski definition) is 2. The maximum absolute atomic E-state index is 12.9. The van der Waals surface area contributed by atoms with Crippen LogP contribution in [-0.4, -0.2) is 43.8 Å². The fourth-order valence-corrected chi connectivity index (χ4v) is 5.64. The lowest BCUT2D eigenvalue weighted by atomic mass is 10.1. The molecule has 0 saturated carbocycles. The van der Waals surface area contributed by atoms with E-state index in [4.69, 9.17) is 0 Å². The standard InChI is InChI=1S/C25H24N6OS/c32-24(31-9-8-21-22(15-31)29-30-28-21)11-16-4-3-7-19(10-16)23-14-26-25(33-23)27-20-12-17-5-1-2-6-18(17)13-20/h1-7,10,14,20H,8-9,11-13,15H2,(H,26,27)(H,28,29,30). The minimum Gasteiger partial charge on any atom is -0.358 e. The smallest absolute Gasteiger partial charge is 0.227 e. The number of amides is 1. The highest BCUT2D eigenvalue weighted by atomic mass is 32.1. The Morgan fingerprint density at radius 2 is 1.91 bits per heavy atom. The molecule has 0 saturated heterocycles. The molecule has 0 unspecified atom stereocenters. The van der Waals surface area contributed by atoms with Gasteiger partial charge in [-0.15, -0.1) is 0 Å². The zero-order chi connectivity index (χ0) is 22.2. The molecule has 0 bridgehead atoms. The van der Waals surface area contributed by atoms with E-state index in [1.807, 2.05) is 23.2 Å². The van der Waals surface area contributed by atoms with Crippen LogP contribution in [0.3, 0.4) is 0 Å². The van der Waals surface area contributed by atoms with E-state index in [1.54, 1.807) is 11.3 Å². The number of carbonyl (C=O) groups excluding carboxylic acids is 1. The normalized spacial score (nSPS) is 15.3. The zero-order valence-corrected chi connectivity index (χ0v) is 18.9. The van der Waals surface area contributed by atoms with E-state index in [0.717, 1.165) is 51.8 Å². The lowest BCUT2D eigenvalue weighted by Crippen LogP contribution is -2.37. The molecule has 1 aliphatic carbocycles. The largest absolute Gasteiger partial charge is 0.358 e. The summed E-state index contributed by atoms with van der Waals surface area (Å²) in [7, 11) is 0. The molecule has 0 radical (unpaired) electrons. The van der Waals surface area contributed by atoms with Crippen LogP contribution in [0.4, 0.5) is 5.13 Å². The number of anilines is 1. The second kappa shape index (κ2) is 8.44. The fourth-order valence-electron chi connectivity index (χ4n) is 4.75. The quantitative estimate of drug-likeness (QED) is 0.479. The summed E-state index contributed by atoms with van der Waals surface area (Å²) < 4.78 is 0. The minimum atomic E-state index is 0.119. The second-order valence-corrected chi connectivity index (χ2v) is 9.74. The summed E-state index contributed by atoms with van der Waals surface area (Å²) in [5.41, 5.74) is 6.81. The van der Waals surface area contributed by atoms with Gasteiger partial charge in [0, 0.05) is 25.2 Å². The van der Waals surface area contributed by atoms with Gasteiger partial charge >= 0.3 is 0 Å². The van der Waals surface area contributed by atoms with Gasteiger partial charge in [0.05, 0.1) is 23.5 Å². The average Bonchev–Trinajstić information content (AvgIpc) is 3.58. The minimum absolute atomic E-state index is 0.119. The zero-order valence-electron chi connectivity index (χ0n) is 18.1. The Morgan fingerprint density at radius 1 is 1.09 bits per heavy atom. The van der Waals surface area contributed by atoms with E-state index in [9.17, 15) is 4.79 Å². The van der Waals surface area contributed by atoms with Crippen LogP contribution >= 0.6 is 11.3 Å². The van der Waals surface area contributed by atoms with Crippen LogP contribution < -0.4 is 5.32 Å². The van der Waals surface area contributed by atoms with Gasteiger partial charge in [-0.2, -0.15) is 15.4 Å². The second-order valence-electron chi connectivity index (χ2n) is 8.71. The van der Waals surface area contributed by atoms with Gasteiger partial charge in [-0.05, 0) is 41.2 Å². The van der Waals surface area contributed by atoms with E-state index < -0.39 is 0 Å². The molecule has 2 aromatic heterocycles. The van der Waals surface area contributed by atoms with Crippen LogP contribution in [-0.2, 0) is 37.0 Å². The predicted octanol–water partition coefficient (Wildman–Crippen LogP) is 3.63. The number of nitrogens with zero attached hydrogens (tertiary/aromatic N) is 4. The molecule has 3 heterocycles. The molecular weight excluding hydrogens is 432 g/mol. The highest BCUT2D eigenvalue weighted by molar-refractivity contribution is 7.18. The van der Waals surface area contributed by atoms with Crippen LogP contribution in [0.2, 0.25) is 0 Å². The summed E-state index contributed by atoms with van der Waals surface area (Å²) in [4.78, 5) is 20.5. The first-order valence-corrected chi connectivity index (χ1v) is 12.1. The summed E-state index contributed by atoms with van der Waals surface area (Å²) >= 11 is 1.66. The van der Waals surface area contributed by atoms with Gasteiger partial charge in [0.25, 0.3) is 0 Å². The first-order chi connectivity index (χ1) is 16.2. The number of thiazole rings is 1. The molecule has 0 fully saturated rings. The molecule has 0 spiro atoms. The topological polar surface area (TPSA) is 86.8 Å². The summed E-state index contributed by atoms with van der Waals surface area (Å²) in [5.74, 6) is 0.119. The maximum Gasteiger partial charge on any atom is 0.227 e. The van der Waals surface area contributed by atoms with E-state index >= 15 is 0 Å². The molecule has 2 aliphatic rings. The summed E-state index contributed by atoms with van der Waals surface area (Å²) in [6.07, 6.45) is 5.13. The van der Waals surface area contributed by atoms with Crippen LogP contribution in [0.1, 0.15) is 28.1 Å². The first-order valence-electron chi connectivity index (χ1n) is 11.3. The molecule has 7 nitrogen and oxygen atoms in total.